The molecule has 21 heavy (non-hydrogen) atoms. The summed E-state index contributed by atoms with van der Waals surface area (Å²) < 4.78 is 5.81. The summed E-state index contributed by atoms with van der Waals surface area (Å²) in [5, 5.41) is 0. The number of carbonyl (C=O) groups excluding carboxylic acids is 1. The summed E-state index contributed by atoms with van der Waals surface area (Å²) in [5.41, 5.74) is -0.550. The second kappa shape index (κ2) is 6.66. The Morgan fingerprint density at radius 3 is 2.43 bits per heavy atom. The number of piperazine rings is 1. The van der Waals surface area contributed by atoms with Gasteiger partial charge >= 0.3 is 0 Å². The lowest BCUT2D eigenvalue weighted by Crippen LogP contribution is -2.56. The van der Waals surface area contributed by atoms with Crippen LogP contribution in [0.2, 0.25) is 0 Å². The number of amides is 1. The Morgan fingerprint density at radius 1 is 1.10 bits per heavy atom. The maximum Gasteiger partial charge on any atom is 0.254 e. The van der Waals surface area contributed by atoms with Crippen molar-refractivity contribution in [3.8, 4) is 0 Å². The molecule has 4 nitrogen and oxygen atoms in total. The largest absolute Gasteiger partial charge is 0.365 e. The van der Waals surface area contributed by atoms with Crippen LogP contribution in [0.5, 0.6) is 0 Å². The van der Waals surface area contributed by atoms with Gasteiger partial charge in [0.05, 0.1) is 0 Å². The normalized spacial score (nSPS) is 32.5. The maximum absolute atomic E-state index is 12.7. The van der Waals surface area contributed by atoms with Gasteiger partial charge in [-0.2, -0.15) is 0 Å². The van der Waals surface area contributed by atoms with Gasteiger partial charge in [-0.15, -0.1) is 0 Å². The van der Waals surface area contributed by atoms with Crippen LogP contribution in [0, 0.1) is 5.92 Å². The molecule has 2 aliphatic heterocycles. The minimum atomic E-state index is -0.550. The van der Waals surface area contributed by atoms with Crippen LogP contribution >= 0.6 is 0 Å². The van der Waals surface area contributed by atoms with Gasteiger partial charge in [0, 0.05) is 39.3 Å². The first kappa shape index (κ1) is 15.3. The molecule has 1 saturated carbocycles. The molecule has 1 unspecified atom stereocenters. The first-order valence-electron chi connectivity index (χ1n) is 8.83. The Hall–Kier alpha value is -0.610. The number of ether oxygens (including phenoxy) is 1. The van der Waals surface area contributed by atoms with E-state index in [1.54, 1.807) is 0 Å². The number of nitrogens with zero attached hydrogens (tertiary/aromatic N) is 2. The van der Waals surface area contributed by atoms with E-state index in [4.69, 9.17) is 4.74 Å². The summed E-state index contributed by atoms with van der Waals surface area (Å²) in [7, 11) is 0. The minimum absolute atomic E-state index is 0.225. The van der Waals surface area contributed by atoms with Crippen molar-refractivity contribution in [1.29, 1.82) is 0 Å². The summed E-state index contributed by atoms with van der Waals surface area (Å²) in [5.74, 6) is 1.13. The molecule has 1 atom stereocenters. The van der Waals surface area contributed by atoms with Crippen molar-refractivity contribution in [2.75, 3.05) is 39.3 Å². The summed E-state index contributed by atoms with van der Waals surface area (Å²) in [4.78, 5) is 17.3. The molecule has 3 aliphatic rings. The third-order valence-corrected chi connectivity index (χ3v) is 5.57. The summed E-state index contributed by atoms with van der Waals surface area (Å²) >= 11 is 0. The van der Waals surface area contributed by atoms with Gasteiger partial charge in [-0.05, 0) is 44.9 Å². The van der Waals surface area contributed by atoms with Crippen LogP contribution in [-0.2, 0) is 9.53 Å². The summed E-state index contributed by atoms with van der Waals surface area (Å²) in [6.07, 6.45) is 8.74. The van der Waals surface area contributed by atoms with E-state index in [9.17, 15) is 4.79 Å². The van der Waals surface area contributed by atoms with Gasteiger partial charge in [-0.3, -0.25) is 9.69 Å². The van der Waals surface area contributed by atoms with E-state index in [-0.39, 0.29) is 5.91 Å². The molecule has 0 aromatic heterocycles. The lowest BCUT2D eigenvalue weighted by atomic mass is 9.94. The Balaban J connectivity index is 1.47. The molecule has 4 heteroatoms. The SMILES string of the molecule is CC1(C(=O)N2CCN(CC3CCCC3)CC2)CCCCO1. The quantitative estimate of drug-likeness (QED) is 0.800. The standard InChI is InChI=1S/C17H30N2O2/c1-17(8-4-5-13-21-17)16(20)19-11-9-18(10-12-19)14-15-6-2-3-7-15/h15H,2-14H2,1H3. The van der Waals surface area contributed by atoms with Gasteiger partial charge in [0.1, 0.15) is 5.60 Å². The zero-order valence-corrected chi connectivity index (χ0v) is 13.5. The molecular formula is C17H30N2O2. The van der Waals surface area contributed by atoms with E-state index in [1.807, 2.05) is 11.8 Å². The van der Waals surface area contributed by atoms with Crippen molar-refractivity contribution in [3.63, 3.8) is 0 Å². The first-order valence-corrected chi connectivity index (χ1v) is 8.83. The van der Waals surface area contributed by atoms with E-state index in [1.165, 1.54) is 32.2 Å². The molecule has 0 spiro atoms. The van der Waals surface area contributed by atoms with Crippen LogP contribution in [0.25, 0.3) is 0 Å². The zero-order chi connectivity index (χ0) is 14.7. The number of hydrogen-bond donors (Lipinski definition) is 0. The topological polar surface area (TPSA) is 32.8 Å². The molecule has 0 aromatic carbocycles. The Bertz CT molecular complexity index is 352. The van der Waals surface area contributed by atoms with Gasteiger partial charge in [0.2, 0.25) is 0 Å². The Kier molecular flexibility index (Phi) is 4.85. The fourth-order valence-electron chi connectivity index (χ4n) is 4.13. The Labute approximate surface area is 128 Å². The van der Waals surface area contributed by atoms with Crippen molar-refractivity contribution in [3.05, 3.63) is 0 Å². The smallest absolute Gasteiger partial charge is 0.254 e. The van der Waals surface area contributed by atoms with E-state index in [2.05, 4.69) is 4.90 Å². The highest BCUT2D eigenvalue weighted by Crippen LogP contribution is 2.28. The second-order valence-corrected chi connectivity index (χ2v) is 7.28. The third-order valence-electron chi connectivity index (χ3n) is 5.57. The van der Waals surface area contributed by atoms with E-state index in [0.717, 1.165) is 58.0 Å². The highest BCUT2D eigenvalue weighted by Gasteiger charge is 2.39. The highest BCUT2D eigenvalue weighted by molar-refractivity contribution is 5.85. The predicted molar refractivity (Wildman–Crippen MR) is 83.2 cm³/mol. The third kappa shape index (κ3) is 3.59. The minimum Gasteiger partial charge on any atom is -0.365 e. The average molecular weight is 294 g/mol. The van der Waals surface area contributed by atoms with Crippen molar-refractivity contribution >= 4 is 5.91 Å². The number of carbonyl (C=O) groups is 1. The average Bonchev–Trinajstić information content (AvgIpc) is 3.01. The monoisotopic (exact) mass is 294 g/mol. The predicted octanol–water partition coefficient (Wildman–Crippen LogP) is 2.28. The molecule has 3 rings (SSSR count). The van der Waals surface area contributed by atoms with Gasteiger partial charge in [0.15, 0.2) is 0 Å². The van der Waals surface area contributed by atoms with Crippen molar-refractivity contribution in [2.24, 2.45) is 5.92 Å². The molecule has 0 radical (unpaired) electrons. The van der Waals surface area contributed by atoms with E-state index >= 15 is 0 Å². The molecule has 0 N–H and O–H groups in total. The van der Waals surface area contributed by atoms with E-state index < -0.39 is 5.60 Å². The molecule has 0 bridgehead atoms. The zero-order valence-electron chi connectivity index (χ0n) is 13.5. The molecule has 120 valence electrons. The van der Waals surface area contributed by atoms with Gasteiger partial charge in [-0.1, -0.05) is 12.8 Å². The molecule has 2 heterocycles. The lowest BCUT2D eigenvalue weighted by Gasteiger charge is -2.41. The number of rotatable bonds is 3. The highest BCUT2D eigenvalue weighted by atomic mass is 16.5. The summed E-state index contributed by atoms with van der Waals surface area (Å²) in [6.45, 7) is 7.81. The van der Waals surface area contributed by atoms with Crippen molar-refractivity contribution in [1.82, 2.24) is 9.80 Å². The van der Waals surface area contributed by atoms with Crippen LogP contribution in [0.4, 0.5) is 0 Å². The molecule has 0 aromatic rings. The molecular weight excluding hydrogens is 264 g/mol. The van der Waals surface area contributed by atoms with Crippen LogP contribution < -0.4 is 0 Å². The van der Waals surface area contributed by atoms with E-state index in [0.29, 0.717) is 0 Å². The molecule has 1 aliphatic carbocycles. The van der Waals surface area contributed by atoms with Gasteiger partial charge in [-0.25, -0.2) is 0 Å². The van der Waals surface area contributed by atoms with Crippen LogP contribution in [0.1, 0.15) is 51.9 Å². The second-order valence-electron chi connectivity index (χ2n) is 7.28. The fraction of sp³-hybridized carbons (Fsp3) is 0.941. The first-order chi connectivity index (χ1) is 10.2. The van der Waals surface area contributed by atoms with Gasteiger partial charge in [0.25, 0.3) is 5.91 Å². The Morgan fingerprint density at radius 2 is 1.81 bits per heavy atom. The molecule has 1 amide bonds. The summed E-state index contributed by atoms with van der Waals surface area (Å²) in [6, 6.07) is 0. The molecule has 2 saturated heterocycles. The lowest BCUT2D eigenvalue weighted by molar-refractivity contribution is -0.163. The van der Waals surface area contributed by atoms with Crippen LogP contribution in [-0.4, -0.2) is 60.6 Å². The molecule has 3 fully saturated rings. The van der Waals surface area contributed by atoms with Crippen LogP contribution in [0.15, 0.2) is 0 Å². The van der Waals surface area contributed by atoms with Crippen molar-refractivity contribution < 1.29 is 9.53 Å². The fourth-order valence-corrected chi connectivity index (χ4v) is 4.13. The maximum atomic E-state index is 12.7. The van der Waals surface area contributed by atoms with Gasteiger partial charge < -0.3 is 9.64 Å². The van der Waals surface area contributed by atoms with Crippen molar-refractivity contribution in [2.45, 2.75) is 57.5 Å². The number of hydrogen-bond acceptors (Lipinski definition) is 3. The van der Waals surface area contributed by atoms with Crippen LogP contribution in [0.3, 0.4) is 0 Å².